The van der Waals surface area contributed by atoms with Crippen LogP contribution in [0.25, 0.3) is 0 Å². The van der Waals surface area contributed by atoms with Gasteiger partial charge in [0.25, 0.3) is 0 Å². The highest BCUT2D eigenvalue weighted by atomic mass is 16.7. The van der Waals surface area contributed by atoms with Crippen LogP contribution < -0.4 is 0 Å². The molecule has 0 N–H and O–H groups in total. The normalized spacial score (nSPS) is 37.2. The predicted molar refractivity (Wildman–Crippen MR) is 43.8 cm³/mol. The summed E-state index contributed by atoms with van der Waals surface area (Å²) >= 11 is 0. The summed E-state index contributed by atoms with van der Waals surface area (Å²) in [6.45, 7) is 8.63. The first-order chi connectivity index (χ1) is 5.56. The molecule has 0 bridgehead atoms. The Balaban J connectivity index is 2.08. The molecular weight excluding hydrogens is 156 g/mol. The number of ether oxygens (including phenoxy) is 3. The van der Waals surface area contributed by atoms with Gasteiger partial charge in [-0.25, -0.2) is 0 Å². The first-order valence-electron chi connectivity index (χ1n) is 4.43. The summed E-state index contributed by atoms with van der Waals surface area (Å²) in [7, 11) is 0. The van der Waals surface area contributed by atoms with E-state index in [-0.39, 0.29) is 17.3 Å². The lowest BCUT2D eigenvalue weighted by Crippen LogP contribution is -2.42. The minimum absolute atomic E-state index is 0.0382. The minimum Gasteiger partial charge on any atom is -0.369 e. The molecule has 2 saturated heterocycles. The van der Waals surface area contributed by atoms with Crippen molar-refractivity contribution in [2.24, 2.45) is 5.41 Å². The van der Waals surface area contributed by atoms with E-state index in [2.05, 4.69) is 20.8 Å². The van der Waals surface area contributed by atoms with E-state index in [0.717, 1.165) is 6.61 Å². The number of epoxide rings is 1. The van der Waals surface area contributed by atoms with Crippen LogP contribution in [0, 0.1) is 5.41 Å². The molecule has 0 aromatic rings. The summed E-state index contributed by atoms with van der Waals surface area (Å²) < 4.78 is 16.4. The highest BCUT2D eigenvalue weighted by molar-refractivity contribution is 5.02. The maximum atomic E-state index is 5.48. The summed E-state index contributed by atoms with van der Waals surface area (Å²) in [6, 6.07) is 0. The van der Waals surface area contributed by atoms with E-state index in [9.17, 15) is 0 Å². The minimum atomic E-state index is -0.0926. The second-order valence-corrected chi connectivity index (χ2v) is 4.31. The van der Waals surface area contributed by atoms with Gasteiger partial charge < -0.3 is 14.2 Å². The lowest BCUT2D eigenvalue weighted by molar-refractivity contribution is -0.143. The molecule has 70 valence electrons. The van der Waals surface area contributed by atoms with E-state index < -0.39 is 0 Å². The SMILES string of the molecule is CC1(C(C)(C)C2OCCO2)CO1. The van der Waals surface area contributed by atoms with Crippen molar-refractivity contribution in [3.63, 3.8) is 0 Å². The molecular formula is C9H16O3. The summed E-state index contributed by atoms with van der Waals surface area (Å²) in [5, 5.41) is 0. The summed E-state index contributed by atoms with van der Waals surface area (Å²) in [4.78, 5) is 0. The van der Waals surface area contributed by atoms with Gasteiger partial charge in [0.1, 0.15) is 0 Å². The molecule has 0 amide bonds. The Hall–Kier alpha value is -0.120. The molecule has 1 atom stereocenters. The molecule has 0 aromatic carbocycles. The lowest BCUT2D eigenvalue weighted by atomic mass is 9.79. The molecule has 0 saturated carbocycles. The monoisotopic (exact) mass is 172 g/mol. The third kappa shape index (κ3) is 1.08. The molecule has 3 heteroatoms. The fraction of sp³-hybridized carbons (Fsp3) is 1.00. The van der Waals surface area contributed by atoms with Crippen LogP contribution in [-0.2, 0) is 14.2 Å². The molecule has 2 aliphatic heterocycles. The average Bonchev–Trinajstić information content (AvgIpc) is 2.59. The lowest BCUT2D eigenvalue weighted by Gasteiger charge is -2.33. The zero-order valence-electron chi connectivity index (χ0n) is 7.92. The second-order valence-electron chi connectivity index (χ2n) is 4.31. The van der Waals surface area contributed by atoms with Gasteiger partial charge in [0.05, 0.1) is 25.4 Å². The van der Waals surface area contributed by atoms with Gasteiger partial charge >= 0.3 is 0 Å². The first-order valence-corrected chi connectivity index (χ1v) is 4.43. The molecule has 12 heavy (non-hydrogen) atoms. The molecule has 1 unspecified atom stereocenters. The highest BCUT2D eigenvalue weighted by Crippen LogP contribution is 2.48. The van der Waals surface area contributed by atoms with E-state index in [1.165, 1.54) is 0 Å². The second kappa shape index (κ2) is 2.44. The van der Waals surface area contributed by atoms with Gasteiger partial charge in [0.2, 0.25) is 0 Å². The maximum absolute atomic E-state index is 5.48. The van der Waals surface area contributed by atoms with Crippen molar-refractivity contribution in [3.05, 3.63) is 0 Å². The topological polar surface area (TPSA) is 31.0 Å². The van der Waals surface area contributed by atoms with Gasteiger partial charge in [-0.1, -0.05) is 13.8 Å². The zero-order valence-corrected chi connectivity index (χ0v) is 7.92. The van der Waals surface area contributed by atoms with Crippen LogP contribution in [0.2, 0.25) is 0 Å². The molecule has 2 heterocycles. The Morgan fingerprint density at radius 1 is 1.25 bits per heavy atom. The van der Waals surface area contributed by atoms with Crippen LogP contribution >= 0.6 is 0 Å². The van der Waals surface area contributed by atoms with Crippen LogP contribution in [-0.4, -0.2) is 31.7 Å². The van der Waals surface area contributed by atoms with Crippen molar-refractivity contribution in [2.45, 2.75) is 32.7 Å². The Kier molecular flexibility index (Phi) is 1.72. The molecule has 3 nitrogen and oxygen atoms in total. The van der Waals surface area contributed by atoms with E-state index >= 15 is 0 Å². The molecule has 0 radical (unpaired) electrons. The maximum Gasteiger partial charge on any atom is 0.165 e. The Morgan fingerprint density at radius 3 is 2.17 bits per heavy atom. The Bertz CT molecular complexity index is 178. The molecule has 2 rings (SSSR count). The first kappa shape index (κ1) is 8.48. The molecule has 2 fully saturated rings. The van der Waals surface area contributed by atoms with Crippen LogP contribution in [0.3, 0.4) is 0 Å². The van der Waals surface area contributed by atoms with Crippen molar-refractivity contribution in [2.75, 3.05) is 19.8 Å². The standard InChI is InChI=1S/C9H16O3/c1-8(2,9(3)6-12-9)7-10-4-5-11-7/h7H,4-6H2,1-3H3. The predicted octanol–water partition coefficient (Wildman–Crippen LogP) is 1.17. The number of rotatable bonds is 2. The van der Waals surface area contributed by atoms with Crippen molar-refractivity contribution in [3.8, 4) is 0 Å². The third-order valence-electron chi connectivity index (χ3n) is 3.15. The quantitative estimate of drug-likeness (QED) is 0.586. The molecule has 0 spiro atoms. The van der Waals surface area contributed by atoms with Gasteiger partial charge in [-0.05, 0) is 6.92 Å². The smallest absolute Gasteiger partial charge is 0.165 e. The third-order valence-corrected chi connectivity index (χ3v) is 3.15. The largest absolute Gasteiger partial charge is 0.369 e. The molecule has 0 aliphatic carbocycles. The van der Waals surface area contributed by atoms with Crippen LogP contribution in [0.1, 0.15) is 20.8 Å². The van der Waals surface area contributed by atoms with Crippen molar-refractivity contribution in [1.82, 2.24) is 0 Å². The fourth-order valence-electron chi connectivity index (χ4n) is 1.50. The van der Waals surface area contributed by atoms with Gasteiger partial charge in [-0.15, -0.1) is 0 Å². The van der Waals surface area contributed by atoms with E-state index in [1.54, 1.807) is 0 Å². The van der Waals surface area contributed by atoms with Crippen molar-refractivity contribution in [1.29, 1.82) is 0 Å². The highest BCUT2D eigenvalue weighted by Gasteiger charge is 2.57. The van der Waals surface area contributed by atoms with Gasteiger partial charge in [0.15, 0.2) is 6.29 Å². The molecule has 0 aromatic heterocycles. The van der Waals surface area contributed by atoms with Gasteiger partial charge in [-0.3, -0.25) is 0 Å². The summed E-state index contributed by atoms with van der Waals surface area (Å²) in [5.74, 6) is 0. The van der Waals surface area contributed by atoms with Crippen LogP contribution in [0.4, 0.5) is 0 Å². The summed E-state index contributed by atoms with van der Waals surface area (Å²) in [5.41, 5.74) is -0.0779. The molecule has 2 aliphatic rings. The Labute approximate surface area is 73.0 Å². The summed E-state index contributed by atoms with van der Waals surface area (Å²) in [6.07, 6.45) is -0.0926. The Morgan fingerprint density at radius 2 is 1.75 bits per heavy atom. The van der Waals surface area contributed by atoms with Gasteiger partial charge in [-0.2, -0.15) is 0 Å². The average molecular weight is 172 g/mol. The van der Waals surface area contributed by atoms with Crippen molar-refractivity contribution < 1.29 is 14.2 Å². The van der Waals surface area contributed by atoms with Gasteiger partial charge in [0, 0.05) is 5.41 Å². The van der Waals surface area contributed by atoms with Crippen LogP contribution in [0.5, 0.6) is 0 Å². The fourth-order valence-corrected chi connectivity index (χ4v) is 1.50. The van der Waals surface area contributed by atoms with Crippen LogP contribution in [0.15, 0.2) is 0 Å². The zero-order chi connectivity index (χ0) is 8.82. The van der Waals surface area contributed by atoms with E-state index in [0.29, 0.717) is 13.2 Å². The van der Waals surface area contributed by atoms with Crippen molar-refractivity contribution >= 4 is 0 Å². The van der Waals surface area contributed by atoms with E-state index in [4.69, 9.17) is 14.2 Å². The van der Waals surface area contributed by atoms with E-state index in [1.807, 2.05) is 0 Å². The number of hydrogen-bond donors (Lipinski definition) is 0. The number of hydrogen-bond acceptors (Lipinski definition) is 3.